The Morgan fingerprint density at radius 3 is 2.62 bits per heavy atom. The van der Waals surface area contributed by atoms with E-state index in [4.69, 9.17) is 5.26 Å². The molecule has 0 atom stereocenters. The Kier molecular flexibility index (Phi) is 6.41. The summed E-state index contributed by atoms with van der Waals surface area (Å²) in [6.45, 7) is 0. The van der Waals surface area contributed by atoms with Gasteiger partial charge in [-0.25, -0.2) is 4.79 Å². The predicted octanol–water partition coefficient (Wildman–Crippen LogP) is 3.22. The fraction of sp³-hybridized carbons (Fsp3) is 0.167. The van der Waals surface area contributed by atoms with Crippen LogP contribution in [0.1, 0.15) is 21.5 Å². The average molecular weight is 340 g/mol. The van der Waals surface area contributed by atoms with Crippen molar-refractivity contribution >= 4 is 29.3 Å². The Hall–Kier alpha value is -2.78. The number of hydrogen-bond acceptors (Lipinski definition) is 5. The standard InChI is InChI=1S/C18H16N2O3S/c1-23-18(22)15-4-2-3-14(9-15)11-24-12-17(21)20-16-7-5-13(10-19)6-8-16/h2-9H,11-12H2,1H3,(H,20,21). The summed E-state index contributed by atoms with van der Waals surface area (Å²) in [4.78, 5) is 23.4. The molecule has 0 fully saturated rings. The molecule has 2 aromatic carbocycles. The van der Waals surface area contributed by atoms with Crippen LogP contribution in [0.3, 0.4) is 0 Å². The van der Waals surface area contributed by atoms with Crippen molar-refractivity contribution in [3.05, 3.63) is 65.2 Å². The lowest BCUT2D eigenvalue weighted by atomic mass is 10.1. The molecule has 24 heavy (non-hydrogen) atoms. The van der Waals surface area contributed by atoms with Crippen molar-refractivity contribution in [1.29, 1.82) is 5.26 Å². The number of carbonyl (C=O) groups is 2. The molecule has 0 aliphatic rings. The Bertz CT molecular complexity index is 767. The molecule has 0 aliphatic heterocycles. The van der Waals surface area contributed by atoms with Gasteiger partial charge in [0.2, 0.25) is 5.91 Å². The molecule has 0 aromatic heterocycles. The van der Waals surface area contributed by atoms with E-state index in [1.54, 1.807) is 42.5 Å². The number of benzene rings is 2. The number of ether oxygens (including phenoxy) is 1. The molecule has 0 heterocycles. The summed E-state index contributed by atoms with van der Waals surface area (Å²) >= 11 is 1.45. The lowest BCUT2D eigenvalue weighted by Crippen LogP contribution is -2.14. The van der Waals surface area contributed by atoms with Crippen LogP contribution in [0, 0.1) is 11.3 Å². The highest BCUT2D eigenvalue weighted by Gasteiger charge is 2.07. The third-order valence-corrected chi connectivity index (χ3v) is 4.15. The second-order valence-electron chi connectivity index (χ2n) is 4.92. The van der Waals surface area contributed by atoms with E-state index in [-0.39, 0.29) is 11.9 Å². The minimum Gasteiger partial charge on any atom is -0.465 e. The summed E-state index contributed by atoms with van der Waals surface area (Å²) in [6.07, 6.45) is 0. The molecular weight excluding hydrogens is 324 g/mol. The molecule has 6 heteroatoms. The number of carbonyl (C=O) groups excluding carboxylic acids is 2. The van der Waals surface area contributed by atoms with Crippen LogP contribution in [0.4, 0.5) is 5.69 Å². The van der Waals surface area contributed by atoms with E-state index in [0.717, 1.165) is 5.56 Å². The van der Waals surface area contributed by atoms with Gasteiger partial charge < -0.3 is 10.1 Å². The Labute approximate surface area is 144 Å². The second kappa shape index (κ2) is 8.75. The zero-order valence-electron chi connectivity index (χ0n) is 13.1. The van der Waals surface area contributed by atoms with Crippen molar-refractivity contribution < 1.29 is 14.3 Å². The van der Waals surface area contributed by atoms with Gasteiger partial charge in [-0.05, 0) is 42.0 Å². The van der Waals surface area contributed by atoms with E-state index in [2.05, 4.69) is 10.1 Å². The van der Waals surface area contributed by atoms with Crippen molar-refractivity contribution in [2.24, 2.45) is 0 Å². The second-order valence-corrected chi connectivity index (χ2v) is 5.91. The van der Waals surface area contributed by atoms with Gasteiger partial charge in [-0.2, -0.15) is 5.26 Å². The minimum absolute atomic E-state index is 0.117. The van der Waals surface area contributed by atoms with E-state index in [0.29, 0.717) is 28.3 Å². The molecule has 2 rings (SSSR count). The van der Waals surface area contributed by atoms with Gasteiger partial charge in [-0.3, -0.25) is 4.79 Å². The number of amides is 1. The molecule has 1 amide bonds. The number of nitrogens with zero attached hydrogens (tertiary/aromatic N) is 1. The minimum atomic E-state index is -0.375. The third kappa shape index (κ3) is 5.14. The van der Waals surface area contributed by atoms with E-state index in [1.807, 2.05) is 12.1 Å². The smallest absolute Gasteiger partial charge is 0.337 e. The van der Waals surface area contributed by atoms with Gasteiger partial charge in [0.25, 0.3) is 0 Å². The highest BCUT2D eigenvalue weighted by atomic mass is 32.2. The summed E-state index contributed by atoms with van der Waals surface area (Å²) < 4.78 is 4.69. The molecule has 1 N–H and O–H groups in total. The lowest BCUT2D eigenvalue weighted by Gasteiger charge is -2.06. The number of esters is 1. The van der Waals surface area contributed by atoms with Crippen LogP contribution in [0.15, 0.2) is 48.5 Å². The normalized spacial score (nSPS) is 9.83. The first-order chi connectivity index (χ1) is 11.6. The van der Waals surface area contributed by atoms with Crippen LogP contribution in [0.5, 0.6) is 0 Å². The van der Waals surface area contributed by atoms with Crippen LogP contribution in [0.2, 0.25) is 0 Å². The van der Waals surface area contributed by atoms with Crippen LogP contribution >= 0.6 is 11.8 Å². The number of methoxy groups -OCH3 is 1. The number of nitrogens with one attached hydrogen (secondary N) is 1. The molecule has 0 saturated heterocycles. The monoisotopic (exact) mass is 340 g/mol. The first-order valence-electron chi connectivity index (χ1n) is 7.17. The molecule has 5 nitrogen and oxygen atoms in total. The predicted molar refractivity (Wildman–Crippen MR) is 93.7 cm³/mol. The van der Waals surface area contributed by atoms with E-state index >= 15 is 0 Å². The molecular formula is C18H16N2O3S. The Balaban J connectivity index is 1.82. The zero-order valence-corrected chi connectivity index (χ0v) is 13.9. The average Bonchev–Trinajstić information content (AvgIpc) is 2.62. The largest absolute Gasteiger partial charge is 0.465 e. The van der Waals surface area contributed by atoms with Crippen molar-refractivity contribution in [2.45, 2.75) is 5.75 Å². The fourth-order valence-corrected chi connectivity index (χ4v) is 2.77. The SMILES string of the molecule is COC(=O)c1cccc(CSCC(=O)Nc2ccc(C#N)cc2)c1. The molecule has 122 valence electrons. The maximum absolute atomic E-state index is 11.9. The van der Waals surface area contributed by atoms with Crippen LogP contribution in [0.25, 0.3) is 0 Å². The zero-order chi connectivity index (χ0) is 17.4. The maximum Gasteiger partial charge on any atom is 0.337 e. The quantitative estimate of drug-likeness (QED) is 0.817. The van der Waals surface area contributed by atoms with Gasteiger partial charge in [0.15, 0.2) is 0 Å². The number of nitriles is 1. The lowest BCUT2D eigenvalue weighted by molar-refractivity contribution is -0.113. The van der Waals surface area contributed by atoms with E-state index < -0.39 is 0 Å². The van der Waals surface area contributed by atoms with Crippen LogP contribution in [-0.4, -0.2) is 24.7 Å². The molecule has 0 spiro atoms. The van der Waals surface area contributed by atoms with E-state index in [9.17, 15) is 9.59 Å². The maximum atomic E-state index is 11.9. The molecule has 0 radical (unpaired) electrons. The van der Waals surface area contributed by atoms with Crippen molar-refractivity contribution in [3.8, 4) is 6.07 Å². The first kappa shape index (κ1) is 17.6. The summed E-state index contributed by atoms with van der Waals surface area (Å²) in [6, 6.07) is 15.9. The summed E-state index contributed by atoms with van der Waals surface area (Å²) in [5, 5.41) is 11.5. The topological polar surface area (TPSA) is 79.2 Å². The molecule has 0 bridgehead atoms. The molecule has 0 saturated carbocycles. The number of anilines is 1. The number of thioether (sulfide) groups is 1. The van der Waals surface area contributed by atoms with E-state index in [1.165, 1.54) is 18.9 Å². The van der Waals surface area contributed by atoms with Gasteiger partial charge in [0, 0.05) is 11.4 Å². The summed E-state index contributed by atoms with van der Waals surface area (Å²) in [7, 11) is 1.34. The van der Waals surface area contributed by atoms with Crippen LogP contribution in [-0.2, 0) is 15.3 Å². The Morgan fingerprint density at radius 1 is 1.21 bits per heavy atom. The Morgan fingerprint density at radius 2 is 1.96 bits per heavy atom. The van der Waals surface area contributed by atoms with Crippen LogP contribution < -0.4 is 5.32 Å². The summed E-state index contributed by atoms with van der Waals surface area (Å²) in [5.41, 5.74) is 2.66. The number of hydrogen-bond donors (Lipinski definition) is 1. The highest BCUT2D eigenvalue weighted by Crippen LogP contribution is 2.15. The molecule has 0 aliphatic carbocycles. The van der Waals surface area contributed by atoms with Gasteiger partial charge in [0.05, 0.1) is 30.1 Å². The van der Waals surface area contributed by atoms with Crippen molar-refractivity contribution in [3.63, 3.8) is 0 Å². The van der Waals surface area contributed by atoms with Crippen molar-refractivity contribution in [2.75, 3.05) is 18.2 Å². The molecule has 0 unspecified atom stereocenters. The van der Waals surface area contributed by atoms with Gasteiger partial charge in [0.1, 0.15) is 0 Å². The fourth-order valence-electron chi connectivity index (χ4n) is 1.99. The van der Waals surface area contributed by atoms with Gasteiger partial charge in [-0.1, -0.05) is 12.1 Å². The summed E-state index contributed by atoms with van der Waals surface area (Å²) in [5.74, 6) is 0.419. The van der Waals surface area contributed by atoms with Crippen molar-refractivity contribution in [1.82, 2.24) is 0 Å². The third-order valence-electron chi connectivity index (χ3n) is 3.15. The molecule has 2 aromatic rings. The first-order valence-corrected chi connectivity index (χ1v) is 8.33. The number of rotatable bonds is 6. The van der Waals surface area contributed by atoms with Gasteiger partial charge >= 0.3 is 5.97 Å². The van der Waals surface area contributed by atoms with Gasteiger partial charge in [-0.15, -0.1) is 11.8 Å². The highest BCUT2D eigenvalue weighted by molar-refractivity contribution is 7.99.